The first-order valence-electron chi connectivity index (χ1n) is 6.93. The third-order valence-corrected chi connectivity index (χ3v) is 2.51. The molecule has 0 radical (unpaired) electrons. The Labute approximate surface area is 148 Å². The Morgan fingerprint density at radius 3 is 2.62 bits per heavy atom. The average Bonchev–Trinajstić information content (AvgIpc) is 2.34. The van der Waals surface area contributed by atoms with Crippen LogP contribution in [0.3, 0.4) is 0 Å². The van der Waals surface area contributed by atoms with Gasteiger partial charge in [0, 0.05) is 6.54 Å². The van der Waals surface area contributed by atoms with Crippen LogP contribution < -0.4 is 34.7 Å². The molecule has 116 valence electrons. The molecule has 1 unspecified atom stereocenters. The number of rotatable bonds is 11. The van der Waals surface area contributed by atoms with Gasteiger partial charge in [-0.15, -0.1) is 0 Å². The Morgan fingerprint density at radius 1 is 1.43 bits per heavy atom. The number of nitrogens with zero attached hydrogens (tertiary/aromatic N) is 2. The summed E-state index contributed by atoms with van der Waals surface area (Å²) in [5, 5.41) is 29.5. The van der Waals surface area contributed by atoms with E-state index in [1.165, 1.54) is 4.90 Å². The Balaban J connectivity index is 0. The molecule has 1 atom stereocenters. The van der Waals surface area contributed by atoms with E-state index >= 15 is 0 Å². The molecule has 0 bridgehead atoms. The van der Waals surface area contributed by atoms with Gasteiger partial charge in [-0.2, -0.15) is 0 Å². The Morgan fingerprint density at radius 2 is 2.10 bits per heavy atom. The second kappa shape index (κ2) is 14.5. The van der Waals surface area contributed by atoms with Crippen LogP contribution in [0.15, 0.2) is 17.1 Å². The summed E-state index contributed by atoms with van der Waals surface area (Å²) in [6.45, 7) is 3.60. The van der Waals surface area contributed by atoms with Gasteiger partial charge < -0.3 is 15.3 Å². The Bertz CT molecular complexity index is 333. The third-order valence-electron chi connectivity index (χ3n) is 2.51. The quantitative estimate of drug-likeness (QED) is 0.146. The monoisotopic (exact) mass is 308 g/mol. The van der Waals surface area contributed by atoms with E-state index in [4.69, 9.17) is 5.11 Å². The number of allylic oxidation sites excluding steroid dienone is 1. The van der Waals surface area contributed by atoms with Gasteiger partial charge in [-0.05, 0) is 25.7 Å². The van der Waals surface area contributed by atoms with Crippen LogP contribution >= 0.6 is 0 Å². The van der Waals surface area contributed by atoms with Gasteiger partial charge in [0.1, 0.15) is 0 Å². The van der Waals surface area contributed by atoms with E-state index in [-0.39, 0.29) is 61.6 Å². The number of hydrogen-bond acceptors (Lipinski definition) is 5. The van der Waals surface area contributed by atoms with Gasteiger partial charge >= 0.3 is 35.5 Å². The van der Waals surface area contributed by atoms with Crippen molar-refractivity contribution in [1.82, 2.24) is 4.90 Å². The SMILES string of the molecule is CCCC/C=C/CC([O-])=NCN(CC(=O)O)CC(C)O.[Na+]. The molecular weight excluding hydrogens is 283 g/mol. The van der Waals surface area contributed by atoms with Crippen LogP contribution in [0.1, 0.15) is 39.5 Å². The number of aliphatic carboxylic acids is 1. The van der Waals surface area contributed by atoms with Crippen molar-refractivity contribution in [1.29, 1.82) is 0 Å². The van der Waals surface area contributed by atoms with Crippen LogP contribution in [0.5, 0.6) is 0 Å². The van der Waals surface area contributed by atoms with Crippen LogP contribution in [0.4, 0.5) is 0 Å². The molecule has 0 spiro atoms. The van der Waals surface area contributed by atoms with E-state index in [1.54, 1.807) is 13.0 Å². The van der Waals surface area contributed by atoms with Crippen LogP contribution in [0.2, 0.25) is 0 Å². The van der Waals surface area contributed by atoms with Crippen molar-refractivity contribution >= 4 is 11.9 Å². The molecule has 6 nitrogen and oxygen atoms in total. The Kier molecular flexibility index (Phi) is 15.8. The fourth-order valence-corrected chi connectivity index (χ4v) is 1.60. The molecule has 0 aliphatic rings. The zero-order valence-electron chi connectivity index (χ0n) is 13.3. The summed E-state index contributed by atoms with van der Waals surface area (Å²) in [6, 6.07) is 0. The first-order chi connectivity index (χ1) is 9.45. The summed E-state index contributed by atoms with van der Waals surface area (Å²) < 4.78 is 0. The van der Waals surface area contributed by atoms with Crippen molar-refractivity contribution in [3.05, 3.63) is 12.2 Å². The molecule has 0 saturated heterocycles. The molecule has 0 aliphatic heterocycles. The molecular formula is C14H25N2NaO4. The van der Waals surface area contributed by atoms with Gasteiger partial charge in [0.2, 0.25) is 0 Å². The number of carboxylic acid groups (broad SMARTS) is 1. The van der Waals surface area contributed by atoms with E-state index in [0.717, 1.165) is 19.3 Å². The van der Waals surface area contributed by atoms with Crippen LogP contribution in [0, 0.1) is 0 Å². The molecule has 2 N–H and O–H groups in total. The number of aliphatic imine (C=N–C) groups is 1. The standard InChI is InChI=1S/C14H26N2O4.Na/c1-3-4-5-6-7-8-13(18)15-11-16(9-12(2)17)10-14(19)20;/h6-7,12,17H,3-5,8-11H2,1-2H3,(H,15,18)(H,19,20);/q;+1/p-1/b7-6+;. The number of unbranched alkanes of at least 4 members (excludes halogenated alkanes) is 2. The fraction of sp³-hybridized carbons (Fsp3) is 0.714. The summed E-state index contributed by atoms with van der Waals surface area (Å²) in [7, 11) is 0. The zero-order valence-corrected chi connectivity index (χ0v) is 15.3. The maximum absolute atomic E-state index is 11.5. The zero-order chi connectivity index (χ0) is 15.4. The van der Waals surface area contributed by atoms with Crippen molar-refractivity contribution in [2.24, 2.45) is 4.99 Å². The maximum Gasteiger partial charge on any atom is 1.00 e. The molecule has 0 heterocycles. The van der Waals surface area contributed by atoms with Crippen molar-refractivity contribution in [3.63, 3.8) is 0 Å². The molecule has 0 amide bonds. The van der Waals surface area contributed by atoms with Crippen LogP contribution in [-0.2, 0) is 4.79 Å². The van der Waals surface area contributed by atoms with Gasteiger partial charge in [-0.3, -0.25) is 14.7 Å². The van der Waals surface area contributed by atoms with E-state index < -0.39 is 12.1 Å². The number of aliphatic hydroxyl groups excluding tert-OH is 1. The average molecular weight is 308 g/mol. The van der Waals surface area contributed by atoms with E-state index in [9.17, 15) is 15.0 Å². The Hall–Kier alpha value is -0.400. The van der Waals surface area contributed by atoms with Crippen molar-refractivity contribution < 1.29 is 49.7 Å². The summed E-state index contributed by atoms with van der Waals surface area (Å²) in [5.41, 5.74) is 0. The van der Waals surface area contributed by atoms with Crippen molar-refractivity contribution in [2.45, 2.75) is 45.6 Å². The molecule has 0 rings (SSSR count). The third kappa shape index (κ3) is 15.8. The minimum absolute atomic E-state index is 0. The topological polar surface area (TPSA) is 96.2 Å². The second-order valence-electron chi connectivity index (χ2n) is 4.77. The van der Waals surface area contributed by atoms with Crippen molar-refractivity contribution in [3.8, 4) is 0 Å². The van der Waals surface area contributed by atoms with Gasteiger partial charge in [0.05, 0.1) is 19.3 Å². The predicted octanol–water partition coefficient (Wildman–Crippen LogP) is -2.39. The van der Waals surface area contributed by atoms with E-state index in [1.807, 2.05) is 6.08 Å². The smallest absolute Gasteiger partial charge is 0.862 e. The minimum atomic E-state index is -1.01. The van der Waals surface area contributed by atoms with Crippen LogP contribution in [-0.4, -0.2) is 52.8 Å². The van der Waals surface area contributed by atoms with E-state index in [2.05, 4.69) is 11.9 Å². The molecule has 0 saturated carbocycles. The van der Waals surface area contributed by atoms with Crippen molar-refractivity contribution in [2.75, 3.05) is 19.8 Å². The van der Waals surface area contributed by atoms with Crippen LogP contribution in [0.25, 0.3) is 0 Å². The van der Waals surface area contributed by atoms with Gasteiger partial charge in [0.25, 0.3) is 0 Å². The summed E-state index contributed by atoms with van der Waals surface area (Å²) in [5.74, 6) is -1.29. The maximum atomic E-state index is 11.5. The molecule has 0 aromatic rings. The number of carboxylic acids is 1. The molecule has 7 heteroatoms. The number of aliphatic hydroxyl groups is 1. The molecule has 0 fully saturated rings. The van der Waals surface area contributed by atoms with Gasteiger partial charge in [-0.1, -0.05) is 31.9 Å². The fourth-order valence-electron chi connectivity index (χ4n) is 1.60. The molecule has 21 heavy (non-hydrogen) atoms. The first-order valence-corrected chi connectivity index (χ1v) is 6.93. The summed E-state index contributed by atoms with van der Waals surface area (Å²) >= 11 is 0. The van der Waals surface area contributed by atoms with Gasteiger partial charge in [0.15, 0.2) is 0 Å². The number of carbonyl (C=O) groups is 1. The largest absolute Gasteiger partial charge is 1.00 e. The minimum Gasteiger partial charge on any atom is -0.862 e. The second-order valence-corrected chi connectivity index (χ2v) is 4.77. The molecule has 0 aromatic heterocycles. The van der Waals surface area contributed by atoms with E-state index in [0.29, 0.717) is 0 Å². The predicted molar refractivity (Wildman–Crippen MR) is 76.5 cm³/mol. The van der Waals surface area contributed by atoms with Gasteiger partial charge in [-0.25, -0.2) is 0 Å². The summed E-state index contributed by atoms with van der Waals surface area (Å²) in [6.07, 6.45) is 6.50. The molecule has 0 aromatic carbocycles. The normalized spacial score (nSPS) is 13.4. The first kappa shape index (κ1) is 22.9. The number of hydrogen-bond donors (Lipinski definition) is 2. The summed E-state index contributed by atoms with van der Waals surface area (Å²) in [4.78, 5) is 15.9. The molecule has 0 aliphatic carbocycles.